The van der Waals surface area contributed by atoms with E-state index in [4.69, 9.17) is 16.7 Å². The molecule has 29 heavy (non-hydrogen) atoms. The van der Waals surface area contributed by atoms with E-state index in [1.807, 2.05) is 24.3 Å². The van der Waals surface area contributed by atoms with E-state index in [9.17, 15) is 9.59 Å². The molecule has 0 unspecified atom stereocenters. The lowest BCUT2D eigenvalue weighted by atomic mass is 10.1. The zero-order valence-corrected chi connectivity index (χ0v) is 17.0. The van der Waals surface area contributed by atoms with E-state index in [-0.39, 0.29) is 17.9 Å². The van der Waals surface area contributed by atoms with Gasteiger partial charge in [-0.15, -0.1) is 11.3 Å². The van der Waals surface area contributed by atoms with Gasteiger partial charge in [-0.2, -0.15) is 0 Å². The van der Waals surface area contributed by atoms with Crippen LogP contribution in [0.15, 0.2) is 48.5 Å². The fourth-order valence-electron chi connectivity index (χ4n) is 3.23. The molecule has 0 saturated heterocycles. The van der Waals surface area contributed by atoms with Crippen LogP contribution in [0, 0.1) is 0 Å². The molecular formula is C21H18ClN3O3S. The van der Waals surface area contributed by atoms with Crippen molar-refractivity contribution in [3.63, 3.8) is 0 Å². The lowest BCUT2D eigenvalue weighted by molar-refractivity contribution is -0.115. The highest BCUT2D eigenvalue weighted by molar-refractivity contribution is 7.15. The first-order chi connectivity index (χ1) is 14.0. The third-order valence-corrected chi connectivity index (χ3v) is 5.90. The summed E-state index contributed by atoms with van der Waals surface area (Å²) in [5, 5.41) is 13.1. The SMILES string of the molecule is O=C(Cc1ccc(C(=O)O)cc1)Nc1nc2c(s1)CN(Cc1ccc(Cl)cc1)C2. The molecule has 6 nitrogen and oxygen atoms in total. The zero-order chi connectivity index (χ0) is 20.4. The van der Waals surface area contributed by atoms with Crippen LogP contribution < -0.4 is 5.32 Å². The van der Waals surface area contributed by atoms with E-state index in [1.165, 1.54) is 33.9 Å². The number of anilines is 1. The van der Waals surface area contributed by atoms with Gasteiger partial charge >= 0.3 is 5.97 Å². The van der Waals surface area contributed by atoms with Crippen LogP contribution in [0.5, 0.6) is 0 Å². The number of halogens is 1. The van der Waals surface area contributed by atoms with Crippen LogP contribution in [0.1, 0.15) is 32.1 Å². The third kappa shape index (κ3) is 4.82. The highest BCUT2D eigenvalue weighted by Gasteiger charge is 2.24. The maximum absolute atomic E-state index is 12.3. The summed E-state index contributed by atoms with van der Waals surface area (Å²) >= 11 is 7.43. The van der Waals surface area contributed by atoms with Gasteiger partial charge in [0.2, 0.25) is 5.91 Å². The number of aromatic carboxylic acids is 1. The minimum atomic E-state index is -0.983. The van der Waals surface area contributed by atoms with Crippen molar-refractivity contribution in [1.82, 2.24) is 9.88 Å². The Bertz CT molecular complexity index is 1020. The quantitative estimate of drug-likeness (QED) is 0.616. The summed E-state index contributed by atoms with van der Waals surface area (Å²) < 4.78 is 0. The third-order valence-electron chi connectivity index (χ3n) is 4.65. The molecule has 2 aromatic carbocycles. The summed E-state index contributed by atoms with van der Waals surface area (Å²) in [6.45, 7) is 2.39. The minimum Gasteiger partial charge on any atom is -0.478 e. The molecule has 2 heterocycles. The molecule has 0 spiro atoms. The fraction of sp³-hybridized carbons (Fsp3) is 0.190. The summed E-state index contributed by atoms with van der Waals surface area (Å²) in [5.74, 6) is -1.15. The second kappa shape index (κ2) is 8.32. The maximum Gasteiger partial charge on any atom is 0.335 e. The lowest BCUT2D eigenvalue weighted by Crippen LogP contribution is -2.17. The normalized spacial score (nSPS) is 13.3. The van der Waals surface area contributed by atoms with Gasteiger partial charge in [0.25, 0.3) is 0 Å². The number of thiazole rings is 1. The number of carbonyl (C=O) groups is 2. The molecule has 1 aliphatic heterocycles. The highest BCUT2D eigenvalue weighted by Crippen LogP contribution is 2.32. The number of nitrogens with zero attached hydrogens (tertiary/aromatic N) is 2. The maximum atomic E-state index is 12.3. The van der Waals surface area contributed by atoms with Crippen LogP contribution in [-0.4, -0.2) is 26.9 Å². The number of nitrogens with one attached hydrogen (secondary N) is 1. The van der Waals surface area contributed by atoms with E-state index < -0.39 is 5.97 Å². The first kappa shape index (κ1) is 19.6. The number of carbonyl (C=O) groups excluding carboxylic acids is 1. The molecular weight excluding hydrogens is 410 g/mol. The van der Waals surface area contributed by atoms with Crippen LogP contribution in [0.25, 0.3) is 0 Å². The number of carboxylic acid groups (broad SMARTS) is 1. The monoisotopic (exact) mass is 427 g/mol. The molecule has 1 aromatic heterocycles. The fourth-order valence-corrected chi connectivity index (χ4v) is 4.38. The van der Waals surface area contributed by atoms with Crippen LogP contribution in [0.3, 0.4) is 0 Å². The van der Waals surface area contributed by atoms with Crippen molar-refractivity contribution in [2.75, 3.05) is 5.32 Å². The van der Waals surface area contributed by atoms with Crippen LogP contribution in [0.2, 0.25) is 5.02 Å². The van der Waals surface area contributed by atoms with Crippen LogP contribution >= 0.6 is 22.9 Å². The zero-order valence-electron chi connectivity index (χ0n) is 15.4. The van der Waals surface area contributed by atoms with Crippen molar-refractivity contribution >= 4 is 39.9 Å². The van der Waals surface area contributed by atoms with Crippen molar-refractivity contribution in [3.05, 3.63) is 80.8 Å². The van der Waals surface area contributed by atoms with Gasteiger partial charge in [-0.25, -0.2) is 9.78 Å². The largest absolute Gasteiger partial charge is 0.478 e. The predicted octanol–water partition coefficient (Wildman–Crippen LogP) is 4.19. The van der Waals surface area contributed by atoms with Crippen molar-refractivity contribution in [2.45, 2.75) is 26.1 Å². The molecule has 0 saturated carbocycles. The van der Waals surface area contributed by atoms with Gasteiger partial charge in [0.05, 0.1) is 17.7 Å². The Labute approximate surface area is 176 Å². The summed E-state index contributed by atoms with van der Waals surface area (Å²) in [5.41, 5.74) is 3.16. The van der Waals surface area contributed by atoms with Crippen molar-refractivity contribution < 1.29 is 14.7 Å². The van der Waals surface area contributed by atoms with E-state index in [1.54, 1.807) is 12.1 Å². The number of carboxylic acids is 1. The molecule has 3 aromatic rings. The molecule has 0 radical (unpaired) electrons. The second-order valence-electron chi connectivity index (χ2n) is 6.89. The summed E-state index contributed by atoms with van der Waals surface area (Å²) in [4.78, 5) is 31.2. The van der Waals surface area contributed by atoms with Gasteiger partial charge in [0, 0.05) is 29.5 Å². The molecule has 0 aliphatic carbocycles. The Hall–Kier alpha value is -2.74. The number of hydrogen-bond acceptors (Lipinski definition) is 5. The lowest BCUT2D eigenvalue weighted by Gasteiger charge is -2.14. The Morgan fingerprint density at radius 1 is 1.07 bits per heavy atom. The van der Waals surface area contributed by atoms with Crippen LogP contribution in [-0.2, 0) is 30.8 Å². The van der Waals surface area contributed by atoms with Gasteiger partial charge in [-0.1, -0.05) is 35.9 Å². The van der Waals surface area contributed by atoms with E-state index in [0.29, 0.717) is 5.13 Å². The predicted molar refractivity (Wildman–Crippen MR) is 112 cm³/mol. The number of fused-ring (bicyclic) bond motifs is 1. The van der Waals surface area contributed by atoms with Crippen molar-refractivity contribution in [3.8, 4) is 0 Å². The van der Waals surface area contributed by atoms with Crippen molar-refractivity contribution in [1.29, 1.82) is 0 Å². The topological polar surface area (TPSA) is 82.5 Å². The Balaban J connectivity index is 1.31. The van der Waals surface area contributed by atoms with Gasteiger partial charge in [0.1, 0.15) is 0 Å². The average molecular weight is 428 g/mol. The average Bonchev–Trinajstić information content (AvgIpc) is 3.21. The Morgan fingerprint density at radius 2 is 1.76 bits per heavy atom. The van der Waals surface area contributed by atoms with Crippen molar-refractivity contribution in [2.24, 2.45) is 0 Å². The molecule has 1 amide bonds. The molecule has 1 aliphatic rings. The Kier molecular flexibility index (Phi) is 5.62. The van der Waals surface area contributed by atoms with E-state index in [2.05, 4.69) is 15.2 Å². The van der Waals surface area contributed by atoms with Crippen LogP contribution in [0.4, 0.5) is 5.13 Å². The Morgan fingerprint density at radius 3 is 2.41 bits per heavy atom. The number of aromatic nitrogens is 1. The number of amides is 1. The first-order valence-electron chi connectivity index (χ1n) is 9.04. The van der Waals surface area contributed by atoms with Gasteiger partial charge in [-0.3, -0.25) is 9.69 Å². The van der Waals surface area contributed by atoms with Gasteiger partial charge in [-0.05, 0) is 35.4 Å². The van der Waals surface area contributed by atoms with E-state index in [0.717, 1.165) is 35.9 Å². The molecule has 8 heteroatoms. The van der Waals surface area contributed by atoms with E-state index >= 15 is 0 Å². The van der Waals surface area contributed by atoms with Gasteiger partial charge < -0.3 is 10.4 Å². The summed E-state index contributed by atoms with van der Waals surface area (Å²) in [6.07, 6.45) is 0.173. The number of benzene rings is 2. The summed E-state index contributed by atoms with van der Waals surface area (Å²) in [6, 6.07) is 14.1. The number of rotatable bonds is 6. The molecule has 0 fully saturated rings. The molecule has 148 valence electrons. The molecule has 0 bridgehead atoms. The molecule has 0 atom stereocenters. The summed E-state index contributed by atoms with van der Waals surface area (Å²) in [7, 11) is 0. The highest BCUT2D eigenvalue weighted by atomic mass is 35.5. The molecule has 2 N–H and O–H groups in total. The molecule has 4 rings (SSSR count). The number of hydrogen-bond donors (Lipinski definition) is 2. The standard InChI is InChI=1S/C21H18ClN3O3S/c22-16-7-3-14(4-8-16)10-25-11-17-18(12-25)29-21(23-17)24-19(26)9-13-1-5-15(6-2-13)20(27)28/h1-8H,9-12H2,(H,27,28)(H,23,24,26). The smallest absolute Gasteiger partial charge is 0.335 e. The minimum absolute atomic E-state index is 0.168. The first-order valence-corrected chi connectivity index (χ1v) is 10.2. The second-order valence-corrected chi connectivity index (χ2v) is 8.41. The van der Waals surface area contributed by atoms with Gasteiger partial charge in [0.15, 0.2) is 5.13 Å².